The monoisotopic (exact) mass is 381 g/mol. The van der Waals surface area contributed by atoms with Gasteiger partial charge in [-0.3, -0.25) is 0 Å². The Morgan fingerprint density at radius 3 is 2.00 bits per heavy atom. The first-order valence-corrected chi connectivity index (χ1v) is 9.75. The smallest absolute Gasteiger partial charge is 0.615 e. The number of hydrogen-bond acceptors (Lipinski definition) is 5. The number of fused-ring (bicyclic) bond motifs is 5. The van der Waals surface area contributed by atoms with E-state index in [-0.39, 0.29) is 0 Å². The van der Waals surface area contributed by atoms with E-state index < -0.39 is 15.9 Å². The van der Waals surface area contributed by atoms with Crippen LogP contribution in [0.4, 0.5) is 11.6 Å². The molecular formula is C22H14AlN2O3. The molecule has 5 rings (SSSR count). The summed E-state index contributed by atoms with van der Waals surface area (Å²) in [5, 5.41) is 0.911. The van der Waals surface area contributed by atoms with Crippen molar-refractivity contribution in [2.24, 2.45) is 9.98 Å². The van der Waals surface area contributed by atoms with Crippen LogP contribution in [0.2, 0.25) is 0 Å². The molecule has 2 heterocycles. The highest BCUT2D eigenvalue weighted by molar-refractivity contribution is 6.21. The molecular weight excluding hydrogens is 367 g/mol. The molecule has 1 radical (unpaired) electrons. The van der Waals surface area contributed by atoms with Crippen LogP contribution >= 0.6 is 0 Å². The zero-order valence-electron chi connectivity index (χ0n) is 14.8. The Hall–Kier alpha value is -3.33. The summed E-state index contributed by atoms with van der Waals surface area (Å²) in [6.07, 6.45) is 3.51. The SMILES string of the molecule is C1=Nc2c(oc3ccccc23)/N=C/c2ccccc2[O][Al][O]c2ccccc21. The summed E-state index contributed by atoms with van der Waals surface area (Å²) in [4.78, 5) is 9.26. The Morgan fingerprint density at radius 1 is 0.643 bits per heavy atom. The van der Waals surface area contributed by atoms with Crippen molar-refractivity contribution < 1.29 is 12.0 Å². The van der Waals surface area contributed by atoms with Gasteiger partial charge in [-0.1, -0.05) is 36.4 Å². The molecule has 0 N–H and O–H groups in total. The highest BCUT2D eigenvalue weighted by Crippen LogP contribution is 2.39. The van der Waals surface area contributed by atoms with Crippen LogP contribution in [0, 0.1) is 0 Å². The Balaban J connectivity index is 1.71. The van der Waals surface area contributed by atoms with Gasteiger partial charge in [0.25, 0.3) is 0 Å². The Bertz CT molecular complexity index is 1210. The van der Waals surface area contributed by atoms with E-state index in [2.05, 4.69) is 4.99 Å². The van der Waals surface area contributed by atoms with Crippen LogP contribution in [0.3, 0.4) is 0 Å². The minimum atomic E-state index is -0.731. The van der Waals surface area contributed by atoms with E-state index in [4.69, 9.17) is 17.0 Å². The van der Waals surface area contributed by atoms with E-state index in [1.807, 2.05) is 72.8 Å². The molecule has 1 aromatic heterocycles. The van der Waals surface area contributed by atoms with Crippen molar-refractivity contribution in [3.05, 3.63) is 83.9 Å². The predicted molar refractivity (Wildman–Crippen MR) is 111 cm³/mol. The van der Waals surface area contributed by atoms with E-state index in [9.17, 15) is 0 Å². The first-order chi connectivity index (χ1) is 13.9. The number of furan rings is 1. The summed E-state index contributed by atoms with van der Waals surface area (Å²) in [5.74, 6) is 1.90. The van der Waals surface area contributed by atoms with Crippen LogP contribution in [0.1, 0.15) is 11.1 Å². The van der Waals surface area contributed by atoms with Crippen molar-refractivity contribution in [3.8, 4) is 11.5 Å². The van der Waals surface area contributed by atoms with Gasteiger partial charge in [0, 0.05) is 28.9 Å². The van der Waals surface area contributed by atoms with Gasteiger partial charge >= 0.3 is 15.9 Å². The third-order valence-corrected chi connectivity index (χ3v) is 5.09. The highest BCUT2D eigenvalue weighted by Gasteiger charge is 2.15. The maximum absolute atomic E-state index is 5.95. The summed E-state index contributed by atoms with van der Waals surface area (Å²) >= 11 is -0.731. The van der Waals surface area contributed by atoms with Crippen molar-refractivity contribution in [3.63, 3.8) is 0 Å². The van der Waals surface area contributed by atoms with Crippen molar-refractivity contribution in [2.45, 2.75) is 0 Å². The fraction of sp³-hybridized carbons (Fsp3) is 0. The molecule has 0 spiro atoms. The van der Waals surface area contributed by atoms with Gasteiger partial charge in [-0.25, -0.2) is 9.98 Å². The number of hydrogen-bond donors (Lipinski definition) is 0. The van der Waals surface area contributed by atoms with Gasteiger partial charge in [-0.05, 0) is 36.4 Å². The summed E-state index contributed by atoms with van der Waals surface area (Å²) in [6.45, 7) is 0. The van der Waals surface area contributed by atoms with E-state index in [0.29, 0.717) is 11.6 Å². The van der Waals surface area contributed by atoms with E-state index in [1.165, 1.54) is 0 Å². The maximum atomic E-state index is 5.95. The van der Waals surface area contributed by atoms with E-state index >= 15 is 0 Å². The second-order valence-corrected chi connectivity index (χ2v) is 6.84. The Morgan fingerprint density at radius 2 is 1.25 bits per heavy atom. The number of para-hydroxylation sites is 3. The molecule has 0 saturated carbocycles. The summed E-state index contributed by atoms with van der Waals surface area (Å²) in [7, 11) is 0. The molecule has 1 aliphatic heterocycles. The quantitative estimate of drug-likeness (QED) is 0.392. The number of aliphatic imine (C=N–C) groups is 2. The fourth-order valence-corrected chi connectivity index (χ4v) is 3.69. The van der Waals surface area contributed by atoms with Crippen LogP contribution in [-0.4, -0.2) is 28.3 Å². The van der Waals surface area contributed by atoms with Gasteiger partial charge < -0.3 is 12.0 Å². The lowest BCUT2D eigenvalue weighted by Crippen LogP contribution is -2.13. The molecule has 0 aliphatic carbocycles. The molecule has 0 fully saturated rings. The lowest BCUT2D eigenvalue weighted by atomic mass is 10.2. The van der Waals surface area contributed by atoms with Gasteiger partial charge in [0.2, 0.25) is 5.88 Å². The van der Waals surface area contributed by atoms with Crippen LogP contribution in [-0.2, 0) is 0 Å². The molecule has 0 unspecified atom stereocenters. The second kappa shape index (κ2) is 7.36. The molecule has 133 valence electrons. The van der Waals surface area contributed by atoms with Crippen LogP contribution < -0.4 is 7.58 Å². The zero-order chi connectivity index (χ0) is 18.8. The predicted octanol–water partition coefficient (Wildman–Crippen LogP) is 5.24. The second-order valence-electron chi connectivity index (χ2n) is 6.18. The molecule has 5 nitrogen and oxygen atoms in total. The lowest BCUT2D eigenvalue weighted by Gasteiger charge is -2.11. The number of benzene rings is 3. The van der Waals surface area contributed by atoms with Crippen LogP contribution in [0.5, 0.6) is 11.5 Å². The third kappa shape index (κ3) is 3.20. The highest BCUT2D eigenvalue weighted by atomic mass is 27.2. The summed E-state index contributed by atoms with van der Waals surface area (Å²) in [5.41, 5.74) is 3.15. The summed E-state index contributed by atoms with van der Waals surface area (Å²) in [6, 6.07) is 23.2. The van der Waals surface area contributed by atoms with Gasteiger partial charge in [-0.15, -0.1) is 0 Å². The van der Waals surface area contributed by atoms with Crippen molar-refractivity contribution in [1.29, 1.82) is 0 Å². The minimum Gasteiger partial charge on any atom is -0.615 e. The molecule has 0 bridgehead atoms. The van der Waals surface area contributed by atoms with Crippen LogP contribution in [0.15, 0.2) is 87.2 Å². The number of rotatable bonds is 0. The third-order valence-electron chi connectivity index (χ3n) is 4.39. The zero-order valence-corrected chi connectivity index (χ0v) is 15.9. The molecule has 0 saturated heterocycles. The molecule has 6 heteroatoms. The number of nitrogens with zero attached hydrogens (tertiary/aromatic N) is 2. The molecule has 0 amide bonds. The average molecular weight is 381 g/mol. The molecule has 3 aromatic carbocycles. The standard InChI is InChI=1S/C22H16N2O3.Al/c25-18-10-4-1-7-15(18)13-23-21-17-9-3-6-12-20(17)27-22(21)24-14-16-8-2-5-11-19(16)26;/h1-14,25-26H;/q;+2/p-2/b23-13?,24-14+;. The van der Waals surface area contributed by atoms with Crippen molar-refractivity contribution in [1.82, 2.24) is 0 Å². The van der Waals surface area contributed by atoms with Crippen molar-refractivity contribution in [2.75, 3.05) is 0 Å². The Labute approximate surface area is 168 Å². The fourth-order valence-electron chi connectivity index (χ4n) is 3.01. The molecule has 28 heavy (non-hydrogen) atoms. The van der Waals surface area contributed by atoms with Gasteiger partial charge in [0.05, 0.1) is 11.5 Å². The van der Waals surface area contributed by atoms with E-state index in [0.717, 1.165) is 33.6 Å². The first kappa shape index (κ1) is 16.8. The average Bonchev–Trinajstić information content (AvgIpc) is 3.09. The van der Waals surface area contributed by atoms with Gasteiger partial charge in [-0.2, -0.15) is 0 Å². The largest absolute Gasteiger partial charge is 0.881 e. The summed E-state index contributed by atoms with van der Waals surface area (Å²) < 4.78 is 17.8. The van der Waals surface area contributed by atoms with Crippen LogP contribution in [0.25, 0.3) is 11.0 Å². The van der Waals surface area contributed by atoms with Gasteiger partial charge in [0.15, 0.2) is 0 Å². The normalized spacial score (nSPS) is 14.0. The maximum Gasteiger partial charge on any atom is 0.881 e. The Kier molecular flexibility index (Phi) is 4.42. The molecule has 1 aliphatic rings. The van der Waals surface area contributed by atoms with Crippen molar-refractivity contribution >= 4 is 50.9 Å². The minimum absolute atomic E-state index is 0.456. The molecule has 0 atom stereocenters. The van der Waals surface area contributed by atoms with E-state index in [1.54, 1.807) is 12.4 Å². The lowest BCUT2D eigenvalue weighted by molar-refractivity contribution is 0.458. The van der Waals surface area contributed by atoms with Gasteiger partial charge in [0.1, 0.15) is 11.3 Å². The topological polar surface area (TPSA) is 56.3 Å². The molecule has 4 aromatic rings. The first-order valence-electron chi connectivity index (χ1n) is 8.81.